The van der Waals surface area contributed by atoms with E-state index in [4.69, 9.17) is 4.74 Å². The molecule has 2 aliphatic heterocycles. The van der Waals surface area contributed by atoms with Crippen molar-refractivity contribution in [2.45, 2.75) is 25.3 Å². The molecule has 4 nitrogen and oxygen atoms in total. The summed E-state index contributed by atoms with van der Waals surface area (Å²) in [5.74, 6) is -1.57. The molecule has 0 radical (unpaired) electrons. The van der Waals surface area contributed by atoms with Crippen LogP contribution in [0.5, 0.6) is 0 Å². The van der Waals surface area contributed by atoms with Crippen molar-refractivity contribution in [3.8, 4) is 0 Å². The number of nitrogens with zero attached hydrogens (tertiary/aromatic N) is 1. The quantitative estimate of drug-likeness (QED) is 0.923. The van der Waals surface area contributed by atoms with Crippen molar-refractivity contribution < 1.29 is 18.3 Å². The average Bonchev–Trinajstić information content (AvgIpc) is 3.07. The van der Waals surface area contributed by atoms with Crippen molar-refractivity contribution in [2.24, 2.45) is 5.92 Å². The minimum Gasteiger partial charge on any atom is -0.380 e. The molecule has 2 aliphatic rings. The van der Waals surface area contributed by atoms with Gasteiger partial charge in [-0.1, -0.05) is 0 Å². The zero-order valence-corrected chi connectivity index (χ0v) is 13.1. The summed E-state index contributed by atoms with van der Waals surface area (Å²) in [6, 6.07) is 3.55. The van der Waals surface area contributed by atoms with Crippen LogP contribution in [-0.2, 0) is 4.74 Å². The summed E-state index contributed by atoms with van der Waals surface area (Å²) in [7, 11) is 0. The molecule has 2 fully saturated rings. The standard InChI is InChI=1S/C17H22F2N2O2/c18-13-1-2-15(16(19)9-13)17(22)20-10-12-3-6-21(7-4-12)14-5-8-23-11-14/h1-2,9,12,14H,3-8,10-11H2,(H,20,22)/t14-/m0/s1. The van der Waals surface area contributed by atoms with E-state index in [9.17, 15) is 13.6 Å². The summed E-state index contributed by atoms with van der Waals surface area (Å²) in [6.07, 6.45) is 3.14. The number of nitrogens with one attached hydrogen (secondary N) is 1. The maximum Gasteiger partial charge on any atom is 0.254 e. The van der Waals surface area contributed by atoms with Crippen molar-refractivity contribution in [3.63, 3.8) is 0 Å². The van der Waals surface area contributed by atoms with E-state index < -0.39 is 17.5 Å². The Bertz CT molecular complexity index is 554. The van der Waals surface area contributed by atoms with Crippen LogP contribution < -0.4 is 5.32 Å². The number of carbonyl (C=O) groups is 1. The highest BCUT2D eigenvalue weighted by Gasteiger charge is 2.27. The second kappa shape index (κ2) is 7.36. The number of rotatable bonds is 4. The first-order valence-electron chi connectivity index (χ1n) is 8.18. The van der Waals surface area contributed by atoms with Crippen molar-refractivity contribution in [1.29, 1.82) is 0 Å². The second-order valence-electron chi connectivity index (χ2n) is 6.33. The largest absolute Gasteiger partial charge is 0.380 e. The summed E-state index contributed by atoms with van der Waals surface area (Å²) in [4.78, 5) is 14.5. The number of halogens is 2. The molecule has 0 bridgehead atoms. The monoisotopic (exact) mass is 324 g/mol. The van der Waals surface area contributed by atoms with Gasteiger partial charge in [0.15, 0.2) is 0 Å². The predicted molar refractivity (Wildman–Crippen MR) is 82.2 cm³/mol. The van der Waals surface area contributed by atoms with Crippen LogP contribution >= 0.6 is 0 Å². The van der Waals surface area contributed by atoms with Crippen molar-refractivity contribution >= 4 is 5.91 Å². The van der Waals surface area contributed by atoms with Gasteiger partial charge in [-0.15, -0.1) is 0 Å². The Hall–Kier alpha value is -1.53. The number of ether oxygens (including phenoxy) is 1. The van der Waals surface area contributed by atoms with Gasteiger partial charge in [-0.2, -0.15) is 0 Å². The molecule has 1 aromatic carbocycles. The lowest BCUT2D eigenvalue weighted by Gasteiger charge is -2.35. The van der Waals surface area contributed by atoms with Gasteiger partial charge in [0, 0.05) is 25.3 Å². The van der Waals surface area contributed by atoms with Gasteiger partial charge in [0.05, 0.1) is 12.2 Å². The van der Waals surface area contributed by atoms with Crippen molar-refractivity contribution in [1.82, 2.24) is 10.2 Å². The van der Waals surface area contributed by atoms with Gasteiger partial charge >= 0.3 is 0 Å². The van der Waals surface area contributed by atoms with Crippen LogP contribution in [0, 0.1) is 17.6 Å². The molecule has 6 heteroatoms. The van der Waals surface area contributed by atoms with Crippen LogP contribution in [0.25, 0.3) is 0 Å². The molecule has 3 rings (SSSR count). The number of likely N-dealkylation sites (tertiary alicyclic amines) is 1. The molecule has 1 N–H and O–H groups in total. The van der Waals surface area contributed by atoms with Crippen LogP contribution in [0.2, 0.25) is 0 Å². The maximum atomic E-state index is 13.6. The van der Waals surface area contributed by atoms with Crippen LogP contribution in [0.1, 0.15) is 29.6 Å². The SMILES string of the molecule is O=C(NCC1CCN([C@H]2CCOC2)CC1)c1ccc(F)cc1F. The van der Waals surface area contributed by atoms with Gasteiger partial charge in [0.2, 0.25) is 0 Å². The lowest BCUT2D eigenvalue weighted by Crippen LogP contribution is -2.44. The van der Waals surface area contributed by atoms with Gasteiger partial charge in [0.25, 0.3) is 5.91 Å². The first kappa shape index (κ1) is 16.3. The topological polar surface area (TPSA) is 41.6 Å². The molecule has 0 aromatic heterocycles. The van der Waals surface area contributed by atoms with Crippen molar-refractivity contribution in [2.75, 3.05) is 32.8 Å². The molecule has 2 heterocycles. The summed E-state index contributed by atoms with van der Waals surface area (Å²) in [5, 5.41) is 2.77. The lowest BCUT2D eigenvalue weighted by molar-refractivity contribution is 0.0907. The molecule has 23 heavy (non-hydrogen) atoms. The van der Waals surface area contributed by atoms with E-state index in [0.717, 1.165) is 57.7 Å². The number of benzene rings is 1. The van der Waals surface area contributed by atoms with Crippen LogP contribution in [0.4, 0.5) is 8.78 Å². The molecule has 1 aromatic rings. The summed E-state index contributed by atoms with van der Waals surface area (Å²) < 4.78 is 31.9. The van der Waals surface area contributed by atoms with E-state index in [1.165, 1.54) is 6.07 Å². The van der Waals surface area contributed by atoms with Gasteiger partial charge in [0.1, 0.15) is 11.6 Å². The Morgan fingerprint density at radius 2 is 2.04 bits per heavy atom. The van der Waals surface area contributed by atoms with Gasteiger partial charge in [-0.3, -0.25) is 9.69 Å². The minimum absolute atomic E-state index is 0.105. The second-order valence-corrected chi connectivity index (χ2v) is 6.33. The molecule has 0 unspecified atom stereocenters. The number of carbonyl (C=O) groups excluding carboxylic acids is 1. The molecule has 0 saturated carbocycles. The smallest absolute Gasteiger partial charge is 0.254 e. The predicted octanol–water partition coefficient (Wildman–Crippen LogP) is 2.20. The van der Waals surface area contributed by atoms with E-state index in [2.05, 4.69) is 10.2 Å². The average molecular weight is 324 g/mol. The maximum absolute atomic E-state index is 13.6. The molecular formula is C17H22F2N2O2. The van der Waals surface area contributed by atoms with Gasteiger partial charge in [-0.05, 0) is 50.4 Å². The lowest BCUT2D eigenvalue weighted by atomic mass is 9.95. The first-order valence-corrected chi connectivity index (χ1v) is 8.18. The Morgan fingerprint density at radius 3 is 2.70 bits per heavy atom. The highest BCUT2D eigenvalue weighted by Crippen LogP contribution is 2.22. The number of amides is 1. The van der Waals surface area contributed by atoms with E-state index in [-0.39, 0.29) is 5.56 Å². The third-order valence-electron chi connectivity index (χ3n) is 4.80. The van der Waals surface area contributed by atoms with Crippen LogP contribution in [0.15, 0.2) is 18.2 Å². The molecule has 126 valence electrons. The third kappa shape index (κ3) is 4.06. The highest BCUT2D eigenvalue weighted by molar-refractivity contribution is 5.94. The van der Waals surface area contributed by atoms with Gasteiger partial charge < -0.3 is 10.1 Å². The van der Waals surface area contributed by atoms with E-state index in [1.807, 2.05) is 0 Å². The zero-order chi connectivity index (χ0) is 16.2. The Kier molecular flexibility index (Phi) is 5.23. The first-order chi connectivity index (χ1) is 11.1. The van der Waals surface area contributed by atoms with E-state index in [0.29, 0.717) is 18.5 Å². The number of hydrogen-bond donors (Lipinski definition) is 1. The molecule has 0 aliphatic carbocycles. The van der Waals surface area contributed by atoms with Gasteiger partial charge in [-0.25, -0.2) is 8.78 Å². The van der Waals surface area contributed by atoms with Crippen molar-refractivity contribution in [3.05, 3.63) is 35.4 Å². The zero-order valence-electron chi connectivity index (χ0n) is 13.1. The highest BCUT2D eigenvalue weighted by atomic mass is 19.1. The summed E-state index contributed by atoms with van der Waals surface area (Å²) >= 11 is 0. The van der Waals surface area contributed by atoms with Crippen LogP contribution in [0.3, 0.4) is 0 Å². The molecule has 0 spiro atoms. The molecule has 2 saturated heterocycles. The fourth-order valence-corrected chi connectivity index (χ4v) is 3.34. The fraction of sp³-hybridized carbons (Fsp3) is 0.588. The van der Waals surface area contributed by atoms with E-state index in [1.54, 1.807) is 0 Å². The number of piperidine rings is 1. The Morgan fingerprint density at radius 1 is 1.26 bits per heavy atom. The summed E-state index contributed by atoms with van der Waals surface area (Å²) in [6.45, 7) is 4.23. The fourth-order valence-electron chi connectivity index (χ4n) is 3.34. The number of hydrogen-bond acceptors (Lipinski definition) is 3. The molecule has 1 atom stereocenters. The Balaban J connectivity index is 1.45. The Labute approximate surface area is 134 Å². The molecular weight excluding hydrogens is 302 g/mol. The van der Waals surface area contributed by atoms with Crippen LogP contribution in [-0.4, -0.2) is 49.7 Å². The molecule has 1 amide bonds. The minimum atomic E-state index is -0.821. The summed E-state index contributed by atoms with van der Waals surface area (Å²) in [5.41, 5.74) is -0.105. The normalized spacial score (nSPS) is 23.1. The third-order valence-corrected chi connectivity index (χ3v) is 4.80. The van der Waals surface area contributed by atoms with E-state index >= 15 is 0 Å².